The molecule has 7 unspecified atom stereocenters. The number of allylic oxidation sites excluding steroid dienone is 1. The Bertz CT molecular complexity index is 1560. The number of benzene rings is 2. The van der Waals surface area contributed by atoms with Crippen LogP contribution in [0.5, 0.6) is 0 Å². The monoisotopic (exact) mass is 724 g/mol. The van der Waals surface area contributed by atoms with Gasteiger partial charge in [-0.15, -0.1) is 0 Å². The molecular weight excluding hydrogens is 672 g/mol. The molecule has 1 aliphatic carbocycles. The fourth-order valence-corrected chi connectivity index (χ4v) is 7.60. The van der Waals surface area contributed by atoms with Crippen molar-refractivity contribution in [3.05, 3.63) is 71.8 Å². The second kappa shape index (κ2) is 15.8. The molecule has 4 aliphatic rings. The van der Waals surface area contributed by atoms with Gasteiger partial charge in [0.15, 0.2) is 12.1 Å². The van der Waals surface area contributed by atoms with Crippen molar-refractivity contribution in [1.29, 1.82) is 0 Å². The fourth-order valence-electron chi connectivity index (χ4n) is 7.60. The normalized spacial score (nSPS) is 32.6. The van der Waals surface area contributed by atoms with E-state index in [1.165, 1.54) is 0 Å². The third-order valence-corrected chi connectivity index (χ3v) is 10.5. The minimum Gasteiger partial charge on any atom is -0.449 e. The summed E-state index contributed by atoms with van der Waals surface area (Å²) in [6.45, 7) is 9.29. The van der Waals surface area contributed by atoms with Crippen molar-refractivity contribution in [1.82, 2.24) is 10.6 Å². The minimum atomic E-state index is -1.77. The molecule has 2 amide bonds. The Labute approximate surface area is 304 Å². The molecule has 0 saturated carbocycles. The highest BCUT2D eigenvalue weighted by molar-refractivity contribution is 5.79. The van der Waals surface area contributed by atoms with Gasteiger partial charge in [-0.25, -0.2) is 9.59 Å². The third kappa shape index (κ3) is 8.31. The van der Waals surface area contributed by atoms with E-state index in [1.807, 2.05) is 82.3 Å². The number of aliphatic hydroxyl groups excluding tert-OH is 3. The number of nitrogens with one attached hydrogen (secondary N) is 2. The molecule has 0 spiro atoms. The summed E-state index contributed by atoms with van der Waals surface area (Å²) < 4.78 is 29.6. The lowest BCUT2D eigenvalue weighted by molar-refractivity contribution is -0.299. The van der Waals surface area contributed by atoms with Crippen LogP contribution in [0.15, 0.2) is 60.7 Å². The summed E-state index contributed by atoms with van der Waals surface area (Å²) in [5.74, 6) is -1.96. The zero-order valence-corrected chi connectivity index (χ0v) is 30.3. The van der Waals surface area contributed by atoms with Crippen LogP contribution in [0.2, 0.25) is 0 Å². The smallest absolute Gasteiger partial charge is 0.407 e. The number of ether oxygens (including phenoxy) is 5. The van der Waals surface area contributed by atoms with E-state index in [4.69, 9.17) is 23.7 Å². The van der Waals surface area contributed by atoms with Crippen molar-refractivity contribution < 1.29 is 53.7 Å². The molecule has 13 nitrogen and oxygen atoms in total. The zero-order chi connectivity index (χ0) is 37.3. The van der Waals surface area contributed by atoms with Crippen LogP contribution in [-0.4, -0.2) is 106 Å². The predicted molar refractivity (Wildman–Crippen MR) is 189 cm³/mol. The summed E-state index contributed by atoms with van der Waals surface area (Å²) in [5, 5.41) is 50.0. The summed E-state index contributed by atoms with van der Waals surface area (Å²) in [7, 11) is 0. The Balaban J connectivity index is 1.14. The maximum atomic E-state index is 13.2. The molecule has 11 atom stereocenters. The van der Waals surface area contributed by atoms with Crippen LogP contribution >= 0.6 is 0 Å². The van der Waals surface area contributed by atoms with E-state index in [9.17, 15) is 30.0 Å². The van der Waals surface area contributed by atoms with Crippen molar-refractivity contribution in [3.63, 3.8) is 0 Å². The summed E-state index contributed by atoms with van der Waals surface area (Å²) in [6, 6.07) is 14.2. The summed E-state index contributed by atoms with van der Waals surface area (Å²) >= 11 is 0. The van der Waals surface area contributed by atoms with E-state index in [0.29, 0.717) is 0 Å². The predicted octanol–water partition coefficient (Wildman–Crippen LogP) is 3.71. The fraction of sp³-hybridized carbons (Fsp3) is 0.590. The van der Waals surface area contributed by atoms with E-state index < -0.39 is 79.1 Å². The van der Waals surface area contributed by atoms with Gasteiger partial charge in [-0.1, -0.05) is 88.4 Å². The van der Waals surface area contributed by atoms with Gasteiger partial charge >= 0.3 is 12.2 Å². The highest BCUT2D eigenvalue weighted by atomic mass is 16.7. The molecular formula is C39H52N2O11. The third-order valence-electron chi connectivity index (χ3n) is 10.5. The Morgan fingerprint density at radius 2 is 1.69 bits per heavy atom. The van der Waals surface area contributed by atoms with E-state index in [2.05, 4.69) is 10.6 Å². The number of hydrogen-bond donors (Lipinski definition) is 6. The van der Waals surface area contributed by atoms with Crippen molar-refractivity contribution in [3.8, 4) is 11.1 Å². The second-order valence-electron chi connectivity index (χ2n) is 15.2. The highest BCUT2D eigenvalue weighted by Gasteiger charge is 2.53. The van der Waals surface area contributed by atoms with Crippen molar-refractivity contribution in [2.45, 2.75) is 127 Å². The molecule has 0 bridgehead atoms. The Kier molecular flexibility index (Phi) is 11.6. The van der Waals surface area contributed by atoms with Crippen molar-refractivity contribution in [2.24, 2.45) is 11.8 Å². The van der Waals surface area contributed by atoms with E-state index in [0.717, 1.165) is 22.3 Å². The molecule has 2 aromatic carbocycles. The molecule has 2 aromatic rings. The molecule has 3 saturated heterocycles. The van der Waals surface area contributed by atoms with Crippen LogP contribution in [0.1, 0.15) is 70.9 Å². The van der Waals surface area contributed by atoms with Crippen LogP contribution in [-0.2, 0) is 23.7 Å². The molecule has 52 heavy (non-hydrogen) atoms. The molecule has 3 heterocycles. The number of amides is 2. The standard InChI is InChI=1S/C39H52N2O11/c1-20(2)14-15-23(16-30-32-31(51-38(46)40-32)18-39(47,52-30)17-29(42)21(3)4)50-36-35(44)33(34(43)22(5)49-36)41-37(45)48-19-28-26-12-8-6-10-24(26)25-11-7-9-13-27(25)28/h6-15,20-23,28-36,42-44,47H,16-19H2,1-5H3,(H,40,46)(H,41,45)/b15-14+/t22?,23-,29+,30?,31?,32-,33?,34?,35?,36?,39+/m0/s1. The van der Waals surface area contributed by atoms with E-state index >= 15 is 0 Å². The largest absolute Gasteiger partial charge is 0.449 e. The van der Waals surface area contributed by atoms with E-state index in [1.54, 1.807) is 13.0 Å². The lowest BCUT2D eigenvalue weighted by Gasteiger charge is -2.45. The topological polar surface area (TPSA) is 185 Å². The Hall–Kier alpha value is -3.56. The highest BCUT2D eigenvalue weighted by Crippen LogP contribution is 2.44. The summed E-state index contributed by atoms with van der Waals surface area (Å²) in [4.78, 5) is 25.5. The Morgan fingerprint density at radius 3 is 2.33 bits per heavy atom. The summed E-state index contributed by atoms with van der Waals surface area (Å²) in [6.07, 6.45) is -5.84. The molecule has 3 fully saturated rings. The van der Waals surface area contributed by atoms with Crippen LogP contribution < -0.4 is 10.6 Å². The number of carbonyl (C=O) groups excluding carboxylic acids is 2. The number of rotatable bonds is 12. The molecule has 6 N–H and O–H groups in total. The maximum absolute atomic E-state index is 13.2. The number of aliphatic hydroxyl groups is 4. The summed E-state index contributed by atoms with van der Waals surface area (Å²) in [5.41, 5.74) is 4.28. The van der Waals surface area contributed by atoms with Gasteiger partial charge in [0, 0.05) is 25.2 Å². The van der Waals surface area contributed by atoms with Gasteiger partial charge in [0.25, 0.3) is 0 Å². The molecule has 6 rings (SSSR count). The first-order valence-corrected chi connectivity index (χ1v) is 18.2. The minimum absolute atomic E-state index is 0.0207. The van der Waals surface area contributed by atoms with Crippen LogP contribution in [0.3, 0.4) is 0 Å². The first-order chi connectivity index (χ1) is 24.7. The first-order valence-electron chi connectivity index (χ1n) is 18.2. The van der Waals surface area contributed by atoms with Crippen LogP contribution in [0.4, 0.5) is 9.59 Å². The molecule has 0 radical (unpaired) electrons. The van der Waals surface area contributed by atoms with Gasteiger partial charge in [0.05, 0.1) is 36.5 Å². The molecule has 13 heteroatoms. The second-order valence-corrected chi connectivity index (χ2v) is 15.2. The molecule has 0 aromatic heterocycles. The van der Waals surface area contributed by atoms with Gasteiger partial charge in [-0.3, -0.25) is 0 Å². The van der Waals surface area contributed by atoms with E-state index in [-0.39, 0.29) is 43.6 Å². The first kappa shape index (κ1) is 38.2. The van der Waals surface area contributed by atoms with Crippen LogP contribution in [0, 0.1) is 11.8 Å². The van der Waals surface area contributed by atoms with Gasteiger partial charge in [-0.2, -0.15) is 0 Å². The SMILES string of the molecule is CC(C)/C=C/[C@@H](CC1O[C@](O)(C[C@@H](O)C(C)C)CC2OC(=O)N[C@H]21)OC1OC(C)C(O)C(NC(=O)OCC2c3ccccc3-c3ccccc32)C1O. The van der Waals surface area contributed by atoms with Gasteiger partial charge < -0.3 is 54.7 Å². The van der Waals surface area contributed by atoms with Crippen molar-refractivity contribution in [2.75, 3.05) is 6.61 Å². The van der Waals surface area contributed by atoms with Crippen LogP contribution in [0.25, 0.3) is 11.1 Å². The lowest BCUT2D eigenvalue weighted by atomic mass is 9.87. The molecule has 284 valence electrons. The lowest BCUT2D eigenvalue weighted by Crippen LogP contribution is -2.64. The quantitative estimate of drug-likeness (QED) is 0.175. The number of carbonyl (C=O) groups is 2. The molecule has 3 aliphatic heterocycles. The van der Waals surface area contributed by atoms with Crippen molar-refractivity contribution >= 4 is 12.2 Å². The van der Waals surface area contributed by atoms with Gasteiger partial charge in [0.2, 0.25) is 0 Å². The average Bonchev–Trinajstić information content (AvgIpc) is 3.63. The number of hydrogen-bond acceptors (Lipinski definition) is 11. The zero-order valence-electron chi connectivity index (χ0n) is 30.3. The Morgan fingerprint density at radius 1 is 1.04 bits per heavy atom. The maximum Gasteiger partial charge on any atom is 0.407 e. The average molecular weight is 725 g/mol. The van der Waals surface area contributed by atoms with Gasteiger partial charge in [0.1, 0.15) is 24.9 Å². The van der Waals surface area contributed by atoms with Gasteiger partial charge in [-0.05, 0) is 41.0 Å². The number of alkyl carbamates (subject to hydrolysis) is 2. The number of fused-ring (bicyclic) bond motifs is 4.